The fraction of sp³-hybridized carbons (Fsp3) is 0.833. The molecule has 5 saturated carbocycles. The average Bonchev–Trinajstić information content (AvgIpc) is 3.33. The van der Waals surface area contributed by atoms with Crippen LogP contribution in [-0.2, 0) is 9.59 Å². The SMILES string of the molecule is N#CCN(C(=O)CNC(=O)C12CC3CC(CC(C3)C1)C2)C1CC1. The Morgan fingerprint density at radius 3 is 2.13 bits per heavy atom. The molecule has 0 aromatic heterocycles. The van der Waals surface area contributed by atoms with Gasteiger partial charge in [-0.05, 0) is 69.1 Å². The third-order valence-electron chi connectivity index (χ3n) is 6.47. The lowest BCUT2D eigenvalue weighted by molar-refractivity contribution is -0.148. The molecular weight excluding hydrogens is 290 g/mol. The monoisotopic (exact) mass is 315 g/mol. The highest BCUT2D eigenvalue weighted by Gasteiger charge is 2.54. The fourth-order valence-corrected chi connectivity index (χ4v) is 5.72. The van der Waals surface area contributed by atoms with Gasteiger partial charge in [-0.1, -0.05) is 0 Å². The molecule has 0 radical (unpaired) electrons. The van der Waals surface area contributed by atoms with E-state index in [4.69, 9.17) is 5.26 Å². The minimum Gasteiger partial charge on any atom is -0.347 e. The molecule has 4 bridgehead atoms. The molecule has 2 amide bonds. The lowest BCUT2D eigenvalue weighted by atomic mass is 9.49. The standard InChI is InChI=1S/C18H25N3O2/c19-3-4-21(15-1-2-15)16(22)11-20-17(23)18-8-12-5-13(9-18)7-14(6-12)10-18/h12-15H,1-2,4-11H2,(H,20,23). The second-order valence-corrected chi connectivity index (χ2v) is 8.29. The highest BCUT2D eigenvalue weighted by molar-refractivity contribution is 5.88. The minimum absolute atomic E-state index is 0.0543. The minimum atomic E-state index is -0.200. The summed E-state index contributed by atoms with van der Waals surface area (Å²) >= 11 is 0. The number of hydrogen-bond acceptors (Lipinski definition) is 3. The Bertz CT molecular complexity index is 526. The Hall–Kier alpha value is -1.57. The number of carbonyl (C=O) groups excluding carboxylic acids is 2. The van der Waals surface area contributed by atoms with E-state index in [1.807, 2.05) is 0 Å². The number of amides is 2. The van der Waals surface area contributed by atoms with Crippen molar-refractivity contribution in [1.29, 1.82) is 5.26 Å². The Morgan fingerprint density at radius 1 is 1.09 bits per heavy atom. The Morgan fingerprint density at radius 2 is 1.65 bits per heavy atom. The van der Waals surface area contributed by atoms with E-state index in [9.17, 15) is 9.59 Å². The van der Waals surface area contributed by atoms with Crippen LogP contribution in [0.2, 0.25) is 0 Å². The molecule has 0 aromatic rings. The van der Waals surface area contributed by atoms with Crippen molar-refractivity contribution in [3.05, 3.63) is 0 Å². The number of nitriles is 1. The fourth-order valence-electron chi connectivity index (χ4n) is 5.72. The Labute approximate surface area is 137 Å². The van der Waals surface area contributed by atoms with Crippen molar-refractivity contribution in [3.63, 3.8) is 0 Å². The summed E-state index contributed by atoms with van der Waals surface area (Å²) in [5.74, 6) is 2.17. The maximum atomic E-state index is 12.8. The van der Waals surface area contributed by atoms with Crippen LogP contribution >= 0.6 is 0 Å². The zero-order chi connectivity index (χ0) is 16.0. The Balaban J connectivity index is 1.37. The molecule has 0 heterocycles. The zero-order valence-electron chi connectivity index (χ0n) is 13.6. The number of carbonyl (C=O) groups is 2. The van der Waals surface area contributed by atoms with E-state index in [0.29, 0.717) is 0 Å². The maximum Gasteiger partial charge on any atom is 0.243 e. The summed E-state index contributed by atoms with van der Waals surface area (Å²) in [6.07, 6.45) is 8.94. The van der Waals surface area contributed by atoms with Gasteiger partial charge in [0.25, 0.3) is 0 Å². The molecule has 5 nitrogen and oxygen atoms in total. The predicted octanol–water partition coefficient (Wildman–Crippen LogP) is 1.83. The highest BCUT2D eigenvalue weighted by atomic mass is 16.2. The van der Waals surface area contributed by atoms with Crippen LogP contribution in [-0.4, -0.2) is 35.8 Å². The first-order valence-electron chi connectivity index (χ1n) is 9.04. The molecule has 5 fully saturated rings. The second kappa shape index (κ2) is 5.51. The lowest BCUT2D eigenvalue weighted by Gasteiger charge is -2.55. The topological polar surface area (TPSA) is 73.2 Å². The van der Waals surface area contributed by atoms with Gasteiger partial charge in [-0.25, -0.2) is 0 Å². The molecule has 0 aliphatic heterocycles. The summed E-state index contributed by atoms with van der Waals surface area (Å²) in [4.78, 5) is 26.8. The molecule has 5 aliphatic rings. The normalized spacial score (nSPS) is 37.3. The predicted molar refractivity (Wildman–Crippen MR) is 84.0 cm³/mol. The van der Waals surface area contributed by atoms with Gasteiger partial charge in [-0.2, -0.15) is 5.26 Å². The van der Waals surface area contributed by atoms with Crippen molar-refractivity contribution < 1.29 is 9.59 Å². The van der Waals surface area contributed by atoms with E-state index in [1.54, 1.807) is 4.90 Å². The van der Waals surface area contributed by atoms with Gasteiger partial charge in [0, 0.05) is 11.5 Å². The number of rotatable bonds is 5. The summed E-state index contributed by atoms with van der Waals surface area (Å²) in [6.45, 7) is 0.190. The molecule has 1 N–H and O–H groups in total. The van der Waals surface area contributed by atoms with Gasteiger partial charge in [-0.3, -0.25) is 9.59 Å². The molecule has 124 valence electrons. The van der Waals surface area contributed by atoms with Crippen molar-refractivity contribution >= 4 is 11.8 Å². The molecule has 0 unspecified atom stereocenters. The van der Waals surface area contributed by atoms with Crippen molar-refractivity contribution in [3.8, 4) is 6.07 Å². The molecule has 0 atom stereocenters. The summed E-state index contributed by atoms with van der Waals surface area (Å²) in [5, 5.41) is 11.8. The second-order valence-electron chi connectivity index (χ2n) is 8.29. The van der Waals surface area contributed by atoms with E-state index < -0.39 is 0 Å². The first-order valence-corrected chi connectivity index (χ1v) is 9.04. The molecule has 0 aromatic carbocycles. The van der Waals surface area contributed by atoms with Crippen molar-refractivity contribution in [2.24, 2.45) is 23.2 Å². The molecule has 5 rings (SSSR count). The first-order chi connectivity index (χ1) is 11.1. The maximum absolute atomic E-state index is 12.8. The molecular formula is C18H25N3O2. The molecule has 0 spiro atoms. The third kappa shape index (κ3) is 2.73. The van der Waals surface area contributed by atoms with E-state index in [2.05, 4.69) is 11.4 Å². The number of nitrogens with zero attached hydrogens (tertiary/aromatic N) is 2. The van der Waals surface area contributed by atoms with Gasteiger partial charge in [0.2, 0.25) is 11.8 Å². The van der Waals surface area contributed by atoms with Crippen LogP contribution in [0, 0.1) is 34.5 Å². The van der Waals surface area contributed by atoms with Crippen LogP contribution in [0.25, 0.3) is 0 Å². The average molecular weight is 315 g/mol. The van der Waals surface area contributed by atoms with Crippen molar-refractivity contribution in [2.75, 3.05) is 13.1 Å². The van der Waals surface area contributed by atoms with Crippen molar-refractivity contribution in [1.82, 2.24) is 10.2 Å². The smallest absolute Gasteiger partial charge is 0.243 e. The van der Waals surface area contributed by atoms with Crippen LogP contribution in [0.15, 0.2) is 0 Å². The number of hydrogen-bond donors (Lipinski definition) is 1. The van der Waals surface area contributed by atoms with Gasteiger partial charge in [0.15, 0.2) is 0 Å². The van der Waals surface area contributed by atoms with Crippen LogP contribution in [0.4, 0.5) is 0 Å². The highest BCUT2D eigenvalue weighted by Crippen LogP contribution is 2.60. The van der Waals surface area contributed by atoms with Gasteiger partial charge >= 0.3 is 0 Å². The van der Waals surface area contributed by atoms with E-state index in [0.717, 1.165) is 49.9 Å². The van der Waals surface area contributed by atoms with Gasteiger partial charge in [-0.15, -0.1) is 0 Å². The quantitative estimate of drug-likeness (QED) is 0.787. The molecule has 23 heavy (non-hydrogen) atoms. The summed E-state index contributed by atoms with van der Waals surface area (Å²) in [6, 6.07) is 2.28. The Kier molecular flexibility index (Phi) is 3.59. The van der Waals surface area contributed by atoms with E-state index in [1.165, 1.54) is 19.3 Å². The van der Waals surface area contributed by atoms with E-state index in [-0.39, 0.29) is 36.4 Å². The van der Waals surface area contributed by atoms with Gasteiger partial charge in [0.1, 0.15) is 6.54 Å². The first kappa shape index (κ1) is 15.0. The van der Waals surface area contributed by atoms with Crippen LogP contribution < -0.4 is 5.32 Å². The summed E-state index contributed by atoms with van der Waals surface area (Å²) in [5.41, 5.74) is -0.200. The van der Waals surface area contributed by atoms with E-state index >= 15 is 0 Å². The van der Waals surface area contributed by atoms with Crippen molar-refractivity contribution in [2.45, 2.75) is 57.4 Å². The molecule has 5 aliphatic carbocycles. The lowest BCUT2D eigenvalue weighted by Crippen LogP contribution is -2.54. The van der Waals surface area contributed by atoms with Crippen LogP contribution in [0.5, 0.6) is 0 Å². The van der Waals surface area contributed by atoms with Gasteiger partial charge in [0.05, 0.1) is 12.6 Å². The molecule has 0 saturated heterocycles. The summed E-state index contributed by atoms with van der Waals surface area (Å²) in [7, 11) is 0. The van der Waals surface area contributed by atoms with Crippen LogP contribution in [0.1, 0.15) is 51.4 Å². The third-order valence-corrected chi connectivity index (χ3v) is 6.47. The molecule has 5 heteroatoms. The summed E-state index contributed by atoms with van der Waals surface area (Å²) < 4.78 is 0. The zero-order valence-corrected chi connectivity index (χ0v) is 13.6. The van der Waals surface area contributed by atoms with Crippen LogP contribution in [0.3, 0.4) is 0 Å². The largest absolute Gasteiger partial charge is 0.347 e. The number of nitrogens with one attached hydrogen (secondary N) is 1. The van der Waals surface area contributed by atoms with Gasteiger partial charge < -0.3 is 10.2 Å².